The number of hydrogen-bond donors (Lipinski definition) is 0. The summed E-state index contributed by atoms with van der Waals surface area (Å²) in [5.74, 6) is 1.12. The number of nitrogens with zero attached hydrogens (tertiary/aromatic N) is 1. The van der Waals surface area contributed by atoms with E-state index in [-0.39, 0.29) is 5.97 Å². The van der Waals surface area contributed by atoms with Gasteiger partial charge in [0.05, 0.1) is 7.11 Å². The van der Waals surface area contributed by atoms with Gasteiger partial charge in [0.2, 0.25) is 0 Å². The van der Waals surface area contributed by atoms with Crippen molar-refractivity contribution in [2.24, 2.45) is 0 Å². The van der Waals surface area contributed by atoms with Gasteiger partial charge < -0.3 is 4.74 Å². The highest BCUT2D eigenvalue weighted by Crippen LogP contribution is 2.20. The van der Waals surface area contributed by atoms with Crippen molar-refractivity contribution in [3.63, 3.8) is 0 Å². The van der Waals surface area contributed by atoms with Crippen LogP contribution in [0.5, 0.6) is 0 Å². The maximum absolute atomic E-state index is 11.7. The van der Waals surface area contributed by atoms with Crippen molar-refractivity contribution in [2.45, 2.75) is 12.3 Å². The van der Waals surface area contributed by atoms with Crippen LogP contribution in [0.2, 0.25) is 0 Å². The summed E-state index contributed by atoms with van der Waals surface area (Å²) in [5, 5.41) is -0.460. The van der Waals surface area contributed by atoms with Crippen LogP contribution in [0.3, 0.4) is 0 Å². The molecule has 1 saturated heterocycles. The summed E-state index contributed by atoms with van der Waals surface area (Å²) in [4.78, 5) is 13.1. The second-order valence-corrected chi connectivity index (χ2v) is 7.59. The van der Waals surface area contributed by atoms with E-state index < -0.39 is 15.2 Å². The first-order valence-corrected chi connectivity index (χ1v) is 8.73. The third-order valence-electron chi connectivity index (χ3n) is 2.82. The molecule has 0 N–H and O–H groups in total. The van der Waals surface area contributed by atoms with E-state index in [0.717, 1.165) is 5.75 Å². The summed E-state index contributed by atoms with van der Waals surface area (Å²) in [6, 6.07) is 0. The highest BCUT2D eigenvalue weighted by atomic mass is 32.2. The minimum absolute atomic E-state index is 0.378. The molecule has 0 spiro atoms. The smallest absolute Gasteiger partial charge is 0.333 e. The fraction of sp³-hybridized carbons (Fsp3) is 0.727. The Morgan fingerprint density at radius 2 is 2.22 bits per heavy atom. The number of sulfone groups is 1. The van der Waals surface area contributed by atoms with Crippen LogP contribution < -0.4 is 0 Å². The Balaban J connectivity index is 2.72. The molecule has 1 rings (SSSR count). The lowest BCUT2D eigenvalue weighted by molar-refractivity contribution is -0.136. The molecule has 5 nitrogen and oxygen atoms in total. The molecule has 104 valence electrons. The molecule has 1 aliphatic heterocycles. The number of ether oxygens (including phenoxy) is 1. The van der Waals surface area contributed by atoms with Gasteiger partial charge in [0, 0.05) is 36.4 Å². The van der Waals surface area contributed by atoms with Gasteiger partial charge in [-0.3, -0.25) is 4.90 Å². The Morgan fingerprint density at radius 1 is 1.56 bits per heavy atom. The maximum Gasteiger partial charge on any atom is 0.333 e. The van der Waals surface area contributed by atoms with E-state index in [9.17, 15) is 13.2 Å². The number of carbonyl (C=O) groups excluding carboxylic acids is 1. The van der Waals surface area contributed by atoms with Crippen LogP contribution in [0.4, 0.5) is 0 Å². The first-order valence-electron chi connectivity index (χ1n) is 5.62. The Bertz CT molecular complexity index is 430. The Kier molecular flexibility index (Phi) is 5.68. The van der Waals surface area contributed by atoms with E-state index in [1.54, 1.807) is 24.8 Å². The fourth-order valence-corrected chi connectivity index (χ4v) is 4.67. The number of carbonyl (C=O) groups is 1. The van der Waals surface area contributed by atoms with E-state index in [0.29, 0.717) is 24.4 Å². The highest BCUT2D eigenvalue weighted by Gasteiger charge is 2.30. The Labute approximate surface area is 112 Å². The van der Waals surface area contributed by atoms with Crippen molar-refractivity contribution < 1.29 is 17.9 Å². The van der Waals surface area contributed by atoms with Crippen LogP contribution in [-0.4, -0.2) is 62.6 Å². The topological polar surface area (TPSA) is 63.7 Å². The summed E-state index contributed by atoms with van der Waals surface area (Å²) in [6.45, 7) is 2.84. The third kappa shape index (κ3) is 4.29. The zero-order valence-electron chi connectivity index (χ0n) is 10.9. The molecule has 1 fully saturated rings. The minimum atomic E-state index is -3.09. The lowest BCUT2D eigenvalue weighted by Gasteiger charge is -2.33. The summed E-state index contributed by atoms with van der Waals surface area (Å²) in [5.41, 5.74) is 0.503. The predicted molar refractivity (Wildman–Crippen MR) is 73.3 cm³/mol. The normalized spacial score (nSPS) is 22.8. The van der Waals surface area contributed by atoms with E-state index in [1.807, 2.05) is 4.90 Å². The first kappa shape index (κ1) is 15.5. The van der Waals surface area contributed by atoms with Crippen molar-refractivity contribution in [1.29, 1.82) is 0 Å². The van der Waals surface area contributed by atoms with Crippen molar-refractivity contribution in [3.8, 4) is 0 Å². The molecule has 1 atom stereocenters. The molecule has 18 heavy (non-hydrogen) atoms. The molecule has 0 saturated carbocycles. The number of rotatable bonds is 4. The number of thioether (sulfide) groups is 1. The second-order valence-electron chi connectivity index (χ2n) is 4.23. The molecule has 1 unspecified atom stereocenters. The molecule has 0 aromatic heterocycles. The lowest BCUT2D eigenvalue weighted by atomic mass is 10.3. The molecule has 7 heteroatoms. The minimum Gasteiger partial charge on any atom is -0.466 e. The van der Waals surface area contributed by atoms with Crippen molar-refractivity contribution in [3.05, 3.63) is 11.6 Å². The monoisotopic (exact) mass is 293 g/mol. The van der Waals surface area contributed by atoms with Crippen LogP contribution >= 0.6 is 11.8 Å². The van der Waals surface area contributed by atoms with Gasteiger partial charge in [0.1, 0.15) is 5.37 Å². The average molecular weight is 293 g/mol. The molecule has 0 aromatic rings. The van der Waals surface area contributed by atoms with Gasteiger partial charge in [0.15, 0.2) is 9.84 Å². The van der Waals surface area contributed by atoms with E-state index in [2.05, 4.69) is 4.74 Å². The summed E-state index contributed by atoms with van der Waals surface area (Å²) >= 11 is 1.65. The molecule has 0 bridgehead atoms. The second kappa shape index (κ2) is 6.58. The zero-order valence-corrected chi connectivity index (χ0v) is 12.5. The molecule has 0 amide bonds. The molecular formula is C11H19NO4S2. The fourth-order valence-electron chi connectivity index (χ4n) is 1.72. The highest BCUT2D eigenvalue weighted by molar-refractivity contribution is 8.00. The maximum atomic E-state index is 11.7. The van der Waals surface area contributed by atoms with Gasteiger partial charge in [-0.1, -0.05) is 6.08 Å². The number of methoxy groups -OCH3 is 1. The molecule has 1 heterocycles. The van der Waals surface area contributed by atoms with Gasteiger partial charge in [-0.15, -0.1) is 0 Å². The zero-order chi connectivity index (χ0) is 13.8. The van der Waals surface area contributed by atoms with Crippen LogP contribution in [0.25, 0.3) is 0 Å². The quantitative estimate of drug-likeness (QED) is 0.556. The van der Waals surface area contributed by atoms with Gasteiger partial charge in [0.25, 0.3) is 0 Å². The van der Waals surface area contributed by atoms with Crippen LogP contribution in [0, 0.1) is 0 Å². The number of esters is 1. The summed E-state index contributed by atoms with van der Waals surface area (Å²) in [6.07, 6.45) is 2.98. The van der Waals surface area contributed by atoms with Crippen LogP contribution in [-0.2, 0) is 19.4 Å². The molecule has 0 radical (unpaired) electrons. The molecular weight excluding hydrogens is 274 g/mol. The summed E-state index contributed by atoms with van der Waals surface area (Å²) in [7, 11) is -1.76. The molecule has 0 aromatic carbocycles. The first-order chi connectivity index (χ1) is 8.36. The molecule has 1 aliphatic rings. The SMILES string of the molecule is COC(=O)/C(C)=C/CN1CCSCC1S(C)(=O)=O. The average Bonchev–Trinajstić information content (AvgIpc) is 2.34. The van der Waals surface area contributed by atoms with E-state index in [4.69, 9.17) is 0 Å². The van der Waals surface area contributed by atoms with E-state index in [1.165, 1.54) is 13.4 Å². The van der Waals surface area contributed by atoms with Crippen LogP contribution in [0.15, 0.2) is 11.6 Å². The number of hydrogen-bond acceptors (Lipinski definition) is 6. The van der Waals surface area contributed by atoms with Crippen molar-refractivity contribution in [1.82, 2.24) is 4.90 Å². The van der Waals surface area contributed by atoms with Gasteiger partial charge in [-0.2, -0.15) is 11.8 Å². The van der Waals surface area contributed by atoms with E-state index >= 15 is 0 Å². The van der Waals surface area contributed by atoms with Gasteiger partial charge in [-0.05, 0) is 6.92 Å². The third-order valence-corrected chi connectivity index (χ3v) is 5.51. The molecule has 0 aliphatic carbocycles. The summed E-state index contributed by atoms with van der Waals surface area (Å²) < 4.78 is 27.9. The largest absolute Gasteiger partial charge is 0.466 e. The van der Waals surface area contributed by atoms with Crippen molar-refractivity contribution in [2.75, 3.05) is 38.0 Å². The Morgan fingerprint density at radius 3 is 2.78 bits per heavy atom. The standard InChI is InChI=1S/C11H19NO4S2/c1-9(11(13)16-2)4-5-12-6-7-17-8-10(12)18(3,14)15/h4,10H,5-8H2,1-3H3/b9-4+. The predicted octanol–water partition coefficient (Wildman–Crippen LogP) is 0.525. The van der Waals surface area contributed by atoms with Crippen molar-refractivity contribution >= 4 is 27.6 Å². The lowest BCUT2D eigenvalue weighted by Crippen LogP contribution is -2.46. The van der Waals surface area contributed by atoms with Gasteiger partial charge in [-0.25, -0.2) is 13.2 Å². The Hall–Kier alpha value is -0.530. The van der Waals surface area contributed by atoms with Crippen LogP contribution in [0.1, 0.15) is 6.92 Å². The van der Waals surface area contributed by atoms with Gasteiger partial charge >= 0.3 is 5.97 Å².